The van der Waals surface area contributed by atoms with E-state index in [1.165, 1.54) is 4.80 Å². The van der Waals surface area contributed by atoms with Crippen LogP contribution in [0.4, 0.5) is 4.79 Å². The summed E-state index contributed by atoms with van der Waals surface area (Å²) in [4.78, 5) is 32.9. The molecule has 1 N–H and O–H groups in total. The summed E-state index contributed by atoms with van der Waals surface area (Å²) in [5, 5.41) is 23.2. The number of benzene rings is 1. The molecule has 0 aliphatic carbocycles. The summed E-state index contributed by atoms with van der Waals surface area (Å²) in [6.45, 7) is 18.3. The predicted octanol–water partition coefficient (Wildman–Crippen LogP) is 6.37. The Labute approximate surface area is 267 Å². The van der Waals surface area contributed by atoms with Crippen LogP contribution >= 0.6 is 0 Å². The number of carboxylic acids is 1. The van der Waals surface area contributed by atoms with Gasteiger partial charge in [-0.25, -0.2) is 4.79 Å². The van der Waals surface area contributed by atoms with E-state index in [4.69, 9.17) is 14.5 Å². The molecule has 45 heavy (non-hydrogen) atoms. The Hall–Kier alpha value is -3.64. The van der Waals surface area contributed by atoms with E-state index in [1.54, 1.807) is 4.90 Å². The molecule has 1 aliphatic heterocycles. The number of rotatable bonds is 13. The lowest BCUT2D eigenvalue weighted by molar-refractivity contribution is -0.143. The first-order valence-electron chi connectivity index (χ1n) is 15.7. The lowest BCUT2D eigenvalue weighted by atomic mass is 9.82. The molecule has 0 fully saturated rings. The van der Waals surface area contributed by atoms with Crippen LogP contribution in [0.3, 0.4) is 0 Å². The molecule has 3 heterocycles. The van der Waals surface area contributed by atoms with Gasteiger partial charge >= 0.3 is 12.1 Å². The molecule has 11 nitrogen and oxygen atoms in total. The summed E-state index contributed by atoms with van der Waals surface area (Å²) in [5.74, 6) is -1.52. The second kappa shape index (κ2) is 14.2. The quantitative estimate of drug-likeness (QED) is 0.168. The number of pyridine rings is 1. The molecule has 1 aromatic carbocycles. The number of hydrogen-bond donors (Lipinski definition) is 1. The van der Waals surface area contributed by atoms with Crippen LogP contribution in [0.5, 0.6) is 0 Å². The highest BCUT2D eigenvalue weighted by Gasteiger charge is 2.34. The summed E-state index contributed by atoms with van der Waals surface area (Å²) in [6.07, 6.45) is 2.33. The maximum absolute atomic E-state index is 12.6. The third kappa shape index (κ3) is 9.92. The van der Waals surface area contributed by atoms with Gasteiger partial charge in [0, 0.05) is 57.6 Å². The molecule has 12 heteroatoms. The fraction of sp³-hybridized carbons (Fsp3) is 0.576. The second-order valence-corrected chi connectivity index (χ2v) is 20.2. The molecular weight excluding hydrogens is 588 g/mol. The SMILES string of the molecule is CC(C)C[C@H](C(=O)O)[C@H](Cc1ccc(-c2ccc3c(c2)CN(C(=O)OC(C)(C)C)C3)cn1)c1nnn(COCC[Si](C)(C)C)n1. The number of carbonyl (C=O) groups excluding carboxylic acids is 1. The molecule has 3 aromatic rings. The highest BCUT2D eigenvalue weighted by molar-refractivity contribution is 6.76. The van der Waals surface area contributed by atoms with Gasteiger partial charge in [-0.3, -0.25) is 14.7 Å². The summed E-state index contributed by atoms with van der Waals surface area (Å²) < 4.78 is 11.3. The number of carbonyl (C=O) groups is 2. The summed E-state index contributed by atoms with van der Waals surface area (Å²) in [5.41, 5.74) is 4.32. The van der Waals surface area contributed by atoms with Crippen molar-refractivity contribution in [2.75, 3.05) is 6.61 Å². The lowest BCUT2D eigenvalue weighted by Crippen LogP contribution is -2.33. The van der Waals surface area contributed by atoms with Crippen LogP contribution in [0.1, 0.15) is 69.6 Å². The fourth-order valence-corrected chi connectivity index (χ4v) is 6.07. The smallest absolute Gasteiger partial charge is 0.410 e. The average molecular weight is 637 g/mol. The first-order valence-corrected chi connectivity index (χ1v) is 19.4. The molecule has 0 bridgehead atoms. The summed E-state index contributed by atoms with van der Waals surface area (Å²) in [7, 11) is -1.22. The number of fused-ring (bicyclic) bond motifs is 1. The zero-order chi connectivity index (χ0) is 32.9. The van der Waals surface area contributed by atoms with E-state index in [2.05, 4.69) is 41.1 Å². The zero-order valence-corrected chi connectivity index (χ0v) is 28.9. The minimum absolute atomic E-state index is 0.176. The minimum Gasteiger partial charge on any atom is -0.481 e. The van der Waals surface area contributed by atoms with E-state index in [-0.39, 0.29) is 18.7 Å². The Balaban J connectivity index is 1.48. The summed E-state index contributed by atoms with van der Waals surface area (Å²) >= 11 is 0. The normalized spacial score (nSPS) is 14.8. The monoisotopic (exact) mass is 636 g/mol. The predicted molar refractivity (Wildman–Crippen MR) is 174 cm³/mol. The molecule has 1 amide bonds. The number of carboxylic acid groups (broad SMARTS) is 1. The molecular formula is C33H48N6O5Si. The Kier molecular flexibility index (Phi) is 10.8. The summed E-state index contributed by atoms with van der Waals surface area (Å²) in [6, 6.07) is 11.1. The Bertz CT molecular complexity index is 1460. The lowest BCUT2D eigenvalue weighted by Gasteiger charge is -2.24. The van der Waals surface area contributed by atoms with Crippen molar-refractivity contribution in [1.82, 2.24) is 30.1 Å². The molecule has 2 atom stereocenters. The third-order valence-corrected chi connectivity index (χ3v) is 9.40. The molecule has 4 rings (SSSR count). The van der Waals surface area contributed by atoms with Gasteiger partial charge in [-0.15, -0.1) is 15.0 Å². The van der Waals surface area contributed by atoms with Gasteiger partial charge in [0.2, 0.25) is 0 Å². The van der Waals surface area contributed by atoms with E-state index in [9.17, 15) is 14.7 Å². The molecule has 0 radical (unpaired) electrons. The molecule has 244 valence electrons. The van der Waals surface area contributed by atoms with E-state index >= 15 is 0 Å². The van der Waals surface area contributed by atoms with Crippen molar-refractivity contribution in [2.45, 2.75) is 104 Å². The van der Waals surface area contributed by atoms with Crippen molar-refractivity contribution in [1.29, 1.82) is 0 Å². The van der Waals surface area contributed by atoms with Crippen molar-refractivity contribution in [3.8, 4) is 11.1 Å². The van der Waals surface area contributed by atoms with Crippen LogP contribution in [-0.4, -0.2) is 67.5 Å². The maximum Gasteiger partial charge on any atom is 0.410 e. The molecule has 1 aliphatic rings. The van der Waals surface area contributed by atoms with Gasteiger partial charge in [-0.2, -0.15) is 0 Å². The largest absolute Gasteiger partial charge is 0.481 e. The topological polar surface area (TPSA) is 133 Å². The van der Waals surface area contributed by atoms with Gasteiger partial charge in [0.25, 0.3) is 0 Å². The van der Waals surface area contributed by atoms with Gasteiger partial charge in [-0.05, 0) is 73.2 Å². The first-order chi connectivity index (χ1) is 21.1. The maximum atomic E-state index is 12.6. The van der Waals surface area contributed by atoms with E-state index < -0.39 is 31.5 Å². The second-order valence-electron chi connectivity index (χ2n) is 14.6. The van der Waals surface area contributed by atoms with Crippen LogP contribution < -0.4 is 0 Å². The number of ether oxygens (including phenoxy) is 2. The Morgan fingerprint density at radius 3 is 2.38 bits per heavy atom. The van der Waals surface area contributed by atoms with Crippen LogP contribution in [0.2, 0.25) is 25.7 Å². The molecule has 0 saturated carbocycles. The third-order valence-electron chi connectivity index (χ3n) is 7.70. The van der Waals surface area contributed by atoms with Crippen molar-refractivity contribution in [2.24, 2.45) is 11.8 Å². The first kappa shape index (κ1) is 34.2. The standard InChI is InChI=1S/C33H48N6O5Si/c1-22(2)15-29(31(40)41)28(30-35-37-39(36-30)21-43-13-14-45(6,7)8)17-27-12-11-24(18-34-27)23-9-10-25-19-38(20-26(25)16-23)32(42)44-33(3,4)5/h9-12,16,18,22,28-29H,13-15,17,19-21H2,1-8H3,(H,40,41)/t28-,29-/m0/s1. The number of tetrazole rings is 1. The number of hydrogen-bond acceptors (Lipinski definition) is 8. The fourth-order valence-electron chi connectivity index (χ4n) is 5.31. The van der Waals surface area contributed by atoms with Gasteiger partial charge in [0.15, 0.2) is 12.6 Å². The molecule has 0 unspecified atom stereocenters. The van der Waals surface area contributed by atoms with Crippen molar-refractivity contribution in [3.05, 3.63) is 59.2 Å². The molecule has 0 saturated heterocycles. The van der Waals surface area contributed by atoms with Crippen LogP contribution in [0.15, 0.2) is 36.5 Å². The molecule has 2 aromatic heterocycles. The zero-order valence-electron chi connectivity index (χ0n) is 27.9. The van der Waals surface area contributed by atoms with E-state index in [1.807, 2.05) is 65.1 Å². The van der Waals surface area contributed by atoms with Crippen molar-refractivity contribution < 1.29 is 24.2 Å². The van der Waals surface area contributed by atoms with E-state index in [0.29, 0.717) is 38.4 Å². The van der Waals surface area contributed by atoms with Gasteiger partial charge in [-0.1, -0.05) is 51.7 Å². The van der Waals surface area contributed by atoms with Gasteiger partial charge in [0.05, 0.1) is 5.92 Å². The molecule has 0 spiro atoms. The van der Waals surface area contributed by atoms with Crippen LogP contribution in [0.25, 0.3) is 11.1 Å². The van der Waals surface area contributed by atoms with E-state index in [0.717, 1.165) is 34.0 Å². The average Bonchev–Trinajstić information content (AvgIpc) is 3.59. The Morgan fingerprint density at radius 2 is 1.76 bits per heavy atom. The number of aromatic nitrogens is 5. The minimum atomic E-state index is -1.22. The number of amides is 1. The van der Waals surface area contributed by atoms with Gasteiger partial charge < -0.3 is 14.6 Å². The van der Waals surface area contributed by atoms with Crippen molar-refractivity contribution in [3.63, 3.8) is 0 Å². The highest BCUT2D eigenvalue weighted by atomic mass is 28.3. The van der Waals surface area contributed by atoms with Crippen LogP contribution in [-0.2, 0) is 40.5 Å². The van der Waals surface area contributed by atoms with Crippen molar-refractivity contribution >= 4 is 20.1 Å². The Morgan fingerprint density at radius 1 is 1.04 bits per heavy atom. The van der Waals surface area contributed by atoms with Gasteiger partial charge in [0.1, 0.15) is 5.60 Å². The number of aliphatic carboxylic acids is 1. The number of nitrogens with zero attached hydrogens (tertiary/aromatic N) is 6. The van der Waals surface area contributed by atoms with Crippen LogP contribution in [0, 0.1) is 11.8 Å². The highest BCUT2D eigenvalue weighted by Crippen LogP contribution is 2.33.